The number of aromatic nitrogens is 2. The highest BCUT2D eigenvalue weighted by Gasteiger charge is 2.25. The van der Waals surface area contributed by atoms with E-state index in [9.17, 15) is 62.6 Å². The van der Waals surface area contributed by atoms with Gasteiger partial charge in [-0.2, -0.15) is 27.1 Å². The molecular weight excluding hydrogens is 983 g/mol. The molecule has 0 unspecified atom stereocenters. The van der Waals surface area contributed by atoms with Crippen molar-refractivity contribution in [1.29, 1.82) is 0 Å². The van der Waals surface area contributed by atoms with Crippen LogP contribution in [0.25, 0.3) is 0 Å². The molecule has 0 spiro atoms. The molecule has 2 aromatic heterocycles. The number of rotatable bonds is 17. The number of nitrogens with zero attached hydrogens (tertiary/aromatic N) is 8. The Morgan fingerprint density at radius 2 is 0.783 bits per heavy atom. The van der Waals surface area contributed by atoms with Crippen LogP contribution in [0.2, 0.25) is 0 Å². The average molecular weight is 1020 g/mol. The van der Waals surface area contributed by atoms with Crippen LogP contribution in [0.5, 0.6) is 11.8 Å². The van der Waals surface area contributed by atoms with E-state index in [1.54, 1.807) is 0 Å². The quantitative estimate of drug-likeness (QED) is 0.0336. The molecule has 6 rings (SSSR count). The Kier molecular flexibility index (Phi) is 14.9. The van der Waals surface area contributed by atoms with Crippen LogP contribution < -0.4 is 16.5 Å². The van der Waals surface area contributed by atoms with E-state index < -0.39 is 74.3 Å². The van der Waals surface area contributed by atoms with Crippen LogP contribution in [0.3, 0.4) is 0 Å². The molecule has 0 radical (unpaired) electrons. The second kappa shape index (κ2) is 20.1. The first kappa shape index (κ1) is 51.1. The predicted octanol–water partition coefficient (Wildman–Crippen LogP) is 7.46. The summed E-state index contributed by atoms with van der Waals surface area (Å²) in [5.41, 5.74) is 0.968. The summed E-state index contributed by atoms with van der Waals surface area (Å²) in [6, 6.07) is 21.4. The van der Waals surface area contributed by atoms with Crippen molar-refractivity contribution in [3.05, 3.63) is 140 Å². The molecule has 27 heteroatoms. The number of sulfone groups is 2. The lowest BCUT2D eigenvalue weighted by molar-refractivity contribution is 0.403. The van der Waals surface area contributed by atoms with Gasteiger partial charge in [-0.1, -0.05) is 5.22 Å². The molecular formula is C42H41N9O14S4. The van der Waals surface area contributed by atoms with Gasteiger partial charge >= 0.3 is 0 Å². The number of pyridine rings is 2. The van der Waals surface area contributed by atoms with Gasteiger partial charge in [0.15, 0.2) is 23.1 Å². The van der Waals surface area contributed by atoms with Crippen LogP contribution in [0.15, 0.2) is 157 Å². The minimum atomic E-state index is -4.58. The van der Waals surface area contributed by atoms with Crippen molar-refractivity contribution in [2.75, 3.05) is 5.43 Å². The normalized spacial score (nSPS) is 12.7. The van der Waals surface area contributed by atoms with E-state index >= 15 is 0 Å². The predicted molar refractivity (Wildman–Crippen MR) is 249 cm³/mol. The zero-order chi connectivity index (χ0) is 50.6. The standard InChI is InChI=1S/C42H41N9O14S4/c1-5-50-39(52)35(23-66(56,57)58)25(3)37(41(50)54)47-43-27-7-15-31(16-8-27)68(62,63)33-19-11-29(12-20-33)45-49-46-30-13-21-34(22-14-30)69(64,65)32-17-9-28(10-18-32)44-48-38-26(4)36(24-67(59,60)61)40(53)51(6-2)42(38)55/h7-22,52-53H,5-6,23-24H2,1-4H3,(H,45,46)(H,56,57,58)(H,59,60,61). The van der Waals surface area contributed by atoms with Gasteiger partial charge in [-0.15, -0.1) is 15.3 Å². The number of aromatic hydroxyl groups is 2. The maximum absolute atomic E-state index is 13.4. The van der Waals surface area contributed by atoms with Gasteiger partial charge in [0.25, 0.3) is 31.4 Å². The summed E-state index contributed by atoms with van der Waals surface area (Å²) in [4.78, 5) is 25.6. The Bertz CT molecular complexity index is 3640. The van der Waals surface area contributed by atoms with Crippen LogP contribution in [0, 0.1) is 13.8 Å². The highest BCUT2D eigenvalue weighted by molar-refractivity contribution is 7.91. The Labute approximate surface area is 394 Å². The van der Waals surface area contributed by atoms with Gasteiger partial charge in [0.1, 0.15) is 11.5 Å². The molecule has 0 aliphatic heterocycles. The SMILES string of the molecule is CCn1c(O)c(CS(=O)(=O)O)c(C)c(N=Nc2ccc(S(=O)(=O)c3ccc(N=NNc4ccc(S(=O)(=O)c5ccc(N=Nc6c(C)c(CS(=O)(=O)O)c(O)n(CC)c6=O)cc5)cc4)cc3)cc2)c1=O. The summed E-state index contributed by atoms with van der Waals surface area (Å²) in [6.45, 7) is 5.66. The molecule has 69 heavy (non-hydrogen) atoms. The molecule has 0 bridgehead atoms. The fourth-order valence-electron chi connectivity index (χ4n) is 6.66. The summed E-state index contributed by atoms with van der Waals surface area (Å²) >= 11 is 0. The number of benzene rings is 4. The van der Waals surface area contributed by atoms with Crippen molar-refractivity contribution in [3.63, 3.8) is 0 Å². The van der Waals surface area contributed by atoms with E-state index in [-0.39, 0.29) is 83.4 Å². The van der Waals surface area contributed by atoms with Gasteiger partial charge in [-0.05, 0) is 136 Å². The van der Waals surface area contributed by atoms with Gasteiger partial charge < -0.3 is 10.2 Å². The smallest absolute Gasteiger partial charge is 0.281 e. The van der Waals surface area contributed by atoms with E-state index in [1.807, 2.05) is 0 Å². The van der Waals surface area contributed by atoms with Gasteiger partial charge in [0.05, 0.1) is 42.3 Å². The lowest BCUT2D eigenvalue weighted by atomic mass is 10.1. The number of nitrogens with one attached hydrogen (secondary N) is 1. The lowest BCUT2D eigenvalue weighted by Crippen LogP contribution is -2.22. The van der Waals surface area contributed by atoms with Crippen LogP contribution in [-0.2, 0) is 64.5 Å². The second-order valence-corrected chi connectivity index (χ2v) is 21.6. The average Bonchev–Trinajstić information content (AvgIpc) is 3.29. The molecule has 0 fully saturated rings. The maximum Gasteiger partial charge on any atom is 0.281 e. The molecule has 0 aliphatic rings. The highest BCUT2D eigenvalue weighted by atomic mass is 32.2. The minimum Gasteiger partial charge on any atom is -0.494 e. The molecule has 4 aromatic carbocycles. The summed E-state index contributed by atoms with van der Waals surface area (Å²) in [6.07, 6.45) is 0. The van der Waals surface area contributed by atoms with Crippen molar-refractivity contribution in [1.82, 2.24) is 9.13 Å². The third kappa shape index (κ3) is 11.5. The molecule has 362 valence electrons. The maximum atomic E-state index is 13.4. The van der Waals surface area contributed by atoms with Crippen molar-refractivity contribution in [2.45, 2.75) is 71.9 Å². The fourth-order valence-corrected chi connectivity index (χ4v) is 10.6. The zero-order valence-corrected chi connectivity index (χ0v) is 39.9. The van der Waals surface area contributed by atoms with Gasteiger partial charge in [0.2, 0.25) is 19.7 Å². The second-order valence-electron chi connectivity index (χ2n) is 14.8. The first-order valence-electron chi connectivity index (χ1n) is 20.1. The largest absolute Gasteiger partial charge is 0.494 e. The molecule has 0 saturated carbocycles. The van der Waals surface area contributed by atoms with Crippen molar-refractivity contribution < 1.29 is 53.0 Å². The van der Waals surface area contributed by atoms with E-state index in [1.165, 1.54) is 125 Å². The highest BCUT2D eigenvalue weighted by Crippen LogP contribution is 2.32. The van der Waals surface area contributed by atoms with Crippen LogP contribution >= 0.6 is 0 Å². The topological polar surface area (TPSA) is 348 Å². The van der Waals surface area contributed by atoms with Gasteiger partial charge in [0, 0.05) is 24.2 Å². The van der Waals surface area contributed by atoms with Gasteiger partial charge in [-0.25, -0.2) is 16.8 Å². The minimum absolute atomic E-state index is 0.0198. The third-order valence-corrected chi connectivity index (χ3v) is 15.2. The number of hydrogen-bond acceptors (Lipinski definition) is 18. The molecule has 0 atom stereocenters. The monoisotopic (exact) mass is 1020 g/mol. The van der Waals surface area contributed by atoms with Crippen molar-refractivity contribution >= 4 is 74.0 Å². The van der Waals surface area contributed by atoms with E-state index in [0.29, 0.717) is 5.69 Å². The number of anilines is 1. The summed E-state index contributed by atoms with van der Waals surface area (Å²) in [5, 5.41) is 44.7. The Balaban J connectivity index is 1.08. The Hall–Kier alpha value is -7.30. The third-order valence-electron chi connectivity index (χ3n) is 10.3. The van der Waals surface area contributed by atoms with Crippen LogP contribution in [-0.4, -0.2) is 62.1 Å². The summed E-state index contributed by atoms with van der Waals surface area (Å²) < 4.78 is 120. The van der Waals surface area contributed by atoms with Crippen molar-refractivity contribution in [2.24, 2.45) is 30.8 Å². The molecule has 6 aromatic rings. The number of hydrogen-bond donors (Lipinski definition) is 5. The fraction of sp³-hybridized carbons (Fsp3) is 0.190. The molecule has 23 nitrogen and oxygen atoms in total. The molecule has 0 aliphatic carbocycles. The Morgan fingerprint density at radius 1 is 0.478 bits per heavy atom. The lowest BCUT2D eigenvalue weighted by Gasteiger charge is -2.14. The van der Waals surface area contributed by atoms with Crippen LogP contribution in [0.1, 0.15) is 36.1 Å². The first-order valence-corrected chi connectivity index (χ1v) is 26.3. The van der Waals surface area contributed by atoms with Crippen LogP contribution in [0.4, 0.5) is 34.1 Å². The zero-order valence-electron chi connectivity index (χ0n) is 36.6. The van der Waals surface area contributed by atoms with Gasteiger partial charge in [-0.3, -0.25) is 33.3 Å². The molecule has 0 saturated heterocycles. The van der Waals surface area contributed by atoms with E-state index in [2.05, 4.69) is 36.2 Å². The Morgan fingerprint density at radius 3 is 1.09 bits per heavy atom. The molecule has 5 N–H and O–H groups in total. The van der Waals surface area contributed by atoms with E-state index in [4.69, 9.17) is 0 Å². The number of azo groups is 2. The van der Waals surface area contributed by atoms with E-state index in [0.717, 1.165) is 9.13 Å². The summed E-state index contributed by atoms with van der Waals surface area (Å²) in [7, 11) is -17.2. The first-order chi connectivity index (χ1) is 32.4. The van der Waals surface area contributed by atoms with Crippen molar-refractivity contribution in [3.8, 4) is 11.8 Å². The summed E-state index contributed by atoms with van der Waals surface area (Å²) in [5.74, 6) is -3.21. The molecule has 0 amide bonds. The molecule has 2 heterocycles.